The first kappa shape index (κ1) is 20.5. The number of hydrogen-bond acceptors (Lipinski definition) is 6. The first-order valence-electron chi connectivity index (χ1n) is 9.57. The molecule has 0 fully saturated rings. The molecular formula is C22H26N4O3. The molecule has 0 amide bonds. The van der Waals surface area contributed by atoms with E-state index in [0.29, 0.717) is 36.8 Å². The highest BCUT2D eigenvalue weighted by molar-refractivity contribution is 5.58. The van der Waals surface area contributed by atoms with Crippen molar-refractivity contribution in [1.29, 1.82) is 5.26 Å². The van der Waals surface area contributed by atoms with E-state index in [1.807, 2.05) is 63.2 Å². The number of nitriles is 1. The van der Waals surface area contributed by atoms with Gasteiger partial charge in [0.2, 0.25) is 5.88 Å². The molecule has 0 unspecified atom stereocenters. The van der Waals surface area contributed by atoms with Crippen LogP contribution in [0.3, 0.4) is 0 Å². The summed E-state index contributed by atoms with van der Waals surface area (Å²) in [5.74, 6) is 0.376. The number of benzene rings is 1. The molecule has 2 aromatic rings. The average Bonchev–Trinajstić information content (AvgIpc) is 2.67. The van der Waals surface area contributed by atoms with Gasteiger partial charge in [0.1, 0.15) is 23.1 Å². The predicted octanol–water partition coefficient (Wildman–Crippen LogP) is 2.34. The minimum absolute atomic E-state index is 0.0149. The van der Waals surface area contributed by atoms with Crippen LogP contribution in [-0.2, 0) is 6.54 Å². The molecule has 0 radical (unpaired) electrons. The number of hydrogen-bond donors (Lipinski definition) is 1. The third-order valence-corrected chi connectivity index (χ3v) is 4.99. The van der Waals surface area contributed by atoms with Crippen LogP contribution in [0.1, 0.15) is 29.7 Å². The second kappa shape index (κ2) is 8.41. The zero-order valence-corrected chi connectivity index (χ0v) is 17.2. The predicted molar refractivity (Wildman–Crippen MR) is 111 cm³/mol. The Kier molecular flexibility index (Phi) is 5.95. The van der Waals surface area contributed by atoms with E-state index in [1.165, 1.54) is 0 Å². The highest BCUT2D eigenvalue weighted by atomic mass is 16.5. The lowest BCUT2D eigenvalue weighted by Crippen LogP contribution is -2.34. The third kappa shape index (κ3) is 3.84. The molecular weight excluding hydrogens is 368 g/mol. The van der Waals surface area contributed by atoms with E-state index in [-0.39, 0.29) is 17.0 Å². The van der Waals surface area contributed by atoms with Gasteiger partial charge in [-0.15, -0.1) is 0 Å². The monoisotopic (exact) mass is 394 g/mol. The SMILES string of the molecule is CCOc1ccccc1[C@@H]1C(C#N)=C(N)Oc2cc(C)n(CCN(C)C)c(=O)c21. The Morgan fingerprint density at radius 1 is 1.34 bits per heavy atom. The summed E-state index contributed by atoms with van der Waals surface area (Å²) in [7, 11) is 3.92. The van der Waals surface area contributed by atoms with Crippen molar-refractivity contribution in [2.75, 3.05) is 27.2 Å². The van der Waals surface area contributed by atoms with Gasteiger partial charge in [-0.25, -0.2) is 0 Å². The van der Waals surface area contributed by atoms with Crippen LogP contribution in [0.5, 0.6) is 11.5 Å². The van der Waals surface area contributed by atoms with Crippen LogP contribution < -0.4 is 20.8 Å². The van der Waals surface area contributed by atoms with Gasteiger partial charge in [-0.1, -0.05) is 18.2 Å². The van der Waals surface area contributed by atoms with Gasteiger partial charge in [0, 0.05) is 30.4 Å². The minimum atomic E-state index is -0.648. The molecule has 1 atom stereocenters. The number of nitrogens with zero attached hydrogens (tertiary/aromatic N) is 3. The summed E-state index contributed by atoms with van der Waals surface area (Å²) in [6, 6.07) is 11.4. The molecule has 0 saturated carbocycles. The van der Waals surface area contributed by atoms with E-state index in [1.54, 1.807) is 4.57 Å². The fourth-order valence-electron chi connectivity index (χ4n) is 3.58. The Morgan fingerprint density at radius 2 is 2.07 bits per heavy atom. The Balaban J connectivity index is 2.26. The zero-order chi connectivity index (χ0) is 21.1. The van der Waals surface area contributed by atoms with Gasteiger partial charge in [0.15, 0.2) is 0 Å². The zero-order valence-electron chi connectivity index (χ0n) is 17.2. The quantitative estimate of drug-likeness (QED) is 0.808. The van der Waals surface area contributed by atoms with E-state index in [2.05, 4.69) is 6.07 Å². The van der Waals surface area contributed by atoms with Crippen molar-refractivity contribution in [2.45, 2.75) is 26.3 Å². The van der Waals surface area contributed by atoms with Gasteiger partial charge in [-0.3, -0.25) is 4.79 Å². The summed E-state index contributed by atoms with van der Waals surface area (Å²) in [5, 5.41) is 9.81. The molecule has 1 aromatic carbocycles. The third-order valence-electron chi connectivity index (χ3n) is 4.99. The van der Waals surface area contributed by atoms with Crippen LogP contribution in [0.15, 0.2) is 46.6 Å². The highest BCUT2D eigenvalue weighted by Gasteiger charge is 2.35. The summed E-state index contributed by atoms with van der Waals surface area (Å²) < 4.78 is 13.2. The number of nitrogens with two attached hydrogens (primary N) is 1. The second-order valence-corrected chi connectivity index (χ2v) is 7.22. The lowest BCUT2D eigenvalue weighted by molar-refractivity contribution is 0.334. The van der Waals surface area contributed by atoms with Crippen molar-refractivity contribution >= 4 is 0 Å². The van der Waals surface area contributed by atoms with Gasteiger partial charge >= 0.3 is 0 Å². The number of aryl methyl sites for hydroxylation is 1. The largest absolute Gasteiger partial charge is 0.494 e. The second-order valence-electron chi connectivity index (χ2n) is 7.22. The fourth-order valence-corrected chi connectivity index (χ4v) is 3.58. The molecule has 7 heteroatoms. The summed E-state index contributed by atoms with van der Waals surface area (Å²) in [6.07, 6.45) is 0. The maximum atomic E-state index is 13.5. The first-order valence-corrected chi connectivity index (χ1v) is 9.57. The average molecular weight is 394 g/mol. The van der Waals surface area contributed by atoms with Crippen LogP contribution in [0.4, 0.5) is 0 Å². The molecule has 0 spiro atoms. The van der Waals surface area contributed by atoms with E-state index >= 15 is 0 Å². The summed E-state index contributed by atoms with van der Waals surface area (Å²) in [5.41, 5.74) is 8.01. The molecule has 1 aromatic heterocycles. The number of pyridine rings is 1. The van der Waals surface area contributed by atoms with Gasteiger partial charge in [-0.05, 0) is 34.0 Å². The number of fused-ring (bicyclic) bond motifs is 1. The van der Waals surface area contributed by atoms with E-state index < -0.39 is 5.92 Å². The molecule has 7 nitrogen and oxygen atoms in total. The fraction of sp³-hybridized carbons (Fsp3) is 0.364. The van der Waals surface area contributed by atoms with Gasteiger partial charge in [0.25, 0.3) is 5.56 Å². The molecule has 3 rings (SSSR count). The van der Waals surface area contributed by atoms with Crippen molar-refractivity contribution in [1.82, 2.24) is 9.47 Å². The number of likely N-dealkylation sites (N-methyl/N-ethyl adjacent to an activating group) is 1. The lowest BCUT2D eigenvalue weighted by Gasteiger charge is -2.28. The van der Waals surface area contributed by atoms with Crippen molar-refractivity contribution in [2.24, 2.45) is 5.73 Å². The van der Waals surface area contributed by atoms with E-state index in [0.717, 1.165) is 11.3 Å². The van der Waals surface area contributed by atoms with E-state index in [4.69, 9.17) is 15.2 Å². The minimum Gasteiger partial charge on any atom is -0.494 e. The van der Waals surface area contributed by atoms with Crippen LogP contribution >= 0.6 is 0 Å². The summed E-state index contributed by atoms with van der Waals surface area (Å²) in [6.45, 7) is 5.47. The molecule has 2 heterocycles. The summed E-state index contributed by atoms with van der Waals surface area (Å²) >= 11 is 0. The van der Waals surface area contributed by atoms with Crippen molar-refractivity contribution in [3.63, 3.8) is 0 Å². The number of ether oxygens (including phenoxy) is 2. The van der Waals surface area contributed by atoms with Crippen molar-refractivity contribution in [3.8, 4) is 17.6 Å². The van der Waals surface area contributed by atoms with Crippen LogP contribution in [0.2, 0.25) is 0 Å². The molecule has 1 aliphatic rings. The first-order chi connectivity index (χ1) is 13.9. The summed E-state index contributed by atoms with van der Waals surface area (Å²) in [4.78, 5) is 15.5. The van der Waals surface area contributed by atoms with Gasteiger partial charge < -0.3 is 24.7 Å². The maximum Gasteiger partial charge on any atom is 0.258 e. The lowest BCUT2D eigenvalue weighted by atomic mass is 9.83. The Morgan fingerprint density at radius 3 is 2.72 bits per heavy atom. The van der Waals surface area contributed by atoms with Gasteiger partial charge in [0.05, 0.1) is 18.1 Å². The molecule has 0 aliphatic carbocycles. The molecule has 1 aliphatic heterocycles. The molecule has 152 valence electrons. The molecule has 29 heavy (non-hydrogen) atoms. The smallest absolute Gasteiger partial charge is 0.258 e. The van der Waals surface area contributed by atoms with Crippen LogP contribution in [0, 0.1) is 18.3 Å². The molecule has 0 saturated heterocycles. The Labute approximate surface area is 170 Å². The molecule has 0 bridgehead atoms. The topological polar surface area (TPSA) is 93.5 Å². The number of aromatic nitrogens is 1. The Bertz CT molecular complexity index is 1050. The number of allylic oxidation sites excluding steroid dienone is 1. The number of rotatable bonds is 6. The highest BCUT2D eigenvalue weighted by Crippen LogP contribution is 2.43. The van der Waals surface area contributed by atoms with Crippen LogP contribution in [0.25, 0.3) is 0 Å². The Hall–Kier alpha value is -3.24. The molecule has 2 N–H and O–H groups in total. The maximum absolute atomic E-state index is 13.5. The normalized spacial score (nSPS) is 15.7. The van der Waals surface area contributed by atoms with E-state index in [9.17, 15) is 10.1 Å². The standard InChI is InChI=1S/C22H26N4O3/c1-5-28-17-9-7-6-8-15(17)19-16(13-23)21(24)29-18-12-14(2)26(11-10-25(3)4)22(27)20(18)19/h6-9,12,19H,5,10-11,24H2,1-4H3/t19-/m1/s1. The van der Waals surface area contributed by atoms with Crippen molar-refractivity contribution in [3.05, 3.63) is 69.0 Å². The number of para-hydroxylation sites is 1. The van der Waals surface area contributed by atoms with Gasteiger partial charge in [-0.2, -0.15) is 5.26 Å². The van der Waals surface area contributed by atoms with Crippen molar-refractivity contribution < 1.29 is 9.47 Å². The van der Waals surface area contributed by atoms with Crippen LogP contribution in [-0.4, -0.2) is 36.7 Å².